The van der Waals surface area contributed by atoms with Gasteiger partial charge in [-0.2, -0.15) is 0 Å². The SMILES string of the molecule is CCCCC1(CC(C)(C)[N+](C)(C)[SiH]=O)c2ccccc2CC1(C)C.[Ti]. The van der Waals surface area contributed by atoms with E-state index in [-0.39, 0.29) is 38.1 Å². The fourth-order valence-electron chi connectivity index (χ4n) is 4.61. The van der Waals surface area contributed by atoms with E-state index in [4.69, 9.17) is 0 Å². The normalized spacial score (nSPS) is 22.2. The number of benzene rings is 1. The molecule has 1 atom stereocenters. The minimum absolute atomic E-state index is 0. The van der Waals surface area contributed by atoms with Crippen LogP contribution in [0.3, 0.4) is 0 Å². The average molecular weight is 394 g/mol. The van der Waals surface area contributed by atoms with Gasteiger partial charge in [0, 0.05) is 33.6 Å². The maximum Gasteiger partial charge on any atom is 0.538 e. The summed E-state index contributed by atoms with van der Waals surface area (Å²) in [5.74, 6) is 0. The van der Waals surface area contributed by atoms with E-state index in [2.05, 4.69) is 73.0 Å². The van der Waals surface area contributed by atoms with Gasteiger partial charge in [0.2, 0.25) is 0 Å². The summed E-state index contributed by atoms with van der Waals surface area (Å²) in [5.41, 5.74) is 3.47. The van der Waals surface area contributed by atoms with Crippen molar-refractivity contribution in [2.45, 2.75) is 77.7 Å². The Bertz CT molecular complexity index is 612. The summed E-state index contributed by atoms with van der Waals surface area (Å²) in [7, 11) is 3.41. The molecule has 0 N–H and O–H groups in total. The third kappa shape index (κ3) is 3.95. The van der Waals surface area contributed by atoms with E-state index in [1.165, 1.54) is 24.8 Å². The van der Waals surface area contributed by atoms with Crippen molar-refractivity contribution in [1.82, 2.24) is 0 Å². The first-order chi connectivity index (χ1) is 11.0. The van der Waals surface area contributed by atoms with Crippen LogP contribution in [0.15, 0.2) is 24.3 Å². The van der Waals surface area contributed by atoms with E-state index in [1.807, 2.05) is 0 Å². The smallest absolute Gasteiger partial charge is 0.330 e. The summed E-state index contributed by atoms with van der Waals surface area (Å²) in [6, 6.07) is 9.06. The number of hydrogen-bond donors (Lipinski definition) is 0. The number of nitrogens with zero attached hydrogens (tertiary/aromatic N) is 1. The Kier molecular flexibility index (Phi) is 7.23. The Labute approximate surface area is 172 Å². The Hall–Kier alpha value is -0.0888. The van der Waals surface area contributed by atoms with Crippen LogP contribution in [0.25, 0.3) is 0 Å². The molecule has 0 fully saturated rings. The van der Waals surface area contributed by atoms with Crippen LogP contribution in [-0.2, 0) is 38.0 Å². The van der Waals surface area contributed by atoms with E-state index in [9.17, 15) is 4.46 Å². The minimum atomic E-state index is -0.850. The van der Waals surface area contributed by atoms with Gasteiger partial charge in [-0.15, -0.1) is 0 Å². The van der Waals surface area contributed by atoms with Crippen LogP contribution in [-0.4, -0.2) is 33.4 Å². The zero-order chi connectivity index (χ0) is 18.2. The monoisotopic (exact) mass is 394 g/mol. The van der Waals surface area contributed by atoms with Crippen LogP contribution in [0.1, 0.15) is 71.4 Å². The van der Waals surface area contributed by atoms with Gasteiger partial charge in [0.1, 0.15) is 0 Å². The first kappa shape index (κ1) is 23.0. The van der Waals surface area contributed by atoms with Crippen LogP contribution >= 0.6 is 0 Å². The second-order valence-electron chi connectivity index (χ2n) is 9.54. The summed E-state index contributed by atoms with van der Waals surface area (Å²) in [6.45, 7) is 11.8. The second-order valence-corrected chi connectivity index (χ2v) is 11.0. The molecule has 4 heteroatoms. The van der Waals surface area contributed by atoms with E-state index in [1.54, 1.807) is 5.56 Å². The van der Waals surface area contributed by atoms with E-state index >= 15 is 0 Å². The number of rotatable bonds is 7. The molecule has 0 amide bonds. The molecule has 0 bridgehead atoms. The maximum atomic E-state index is 12.0. The summed E-state index contributed by atoms with van der Waals surface area (Å²) < 4.78 is 12.6. The molecule has 0 saturated heterocycles. The number of unbranched alkanes of at least 4 members (excludes halogenated alkanes) is 1. The predicted molar refractivity (Wildman–Crippen MR) is 104 cm³/mol. The summed E-state index contributed by atoms with van der Waals surface area (Å²) in [5, 5.41) is 0. The molecule has 0 spiro atoms. The number of hydrogen-bond acceptors (Lipinski definition) is 1. The zero-order valence-corrected chi connectivity index (χ0v) is 20.0. The Balaban J connectivity index is 0.00000312. The molecule has 1 aromatic rings. The Morgan fingerprint density at radius 1 is 1.20 bits per heavy atom. The van der Waals surface area contributed by atoms with Gasteiger partial charge in [0.15, 0.2) is 0 Å². The average Bonchev–Trinajstić information content (AvgIpc) is 2.72. The largest absolute Gasteiger partial charge is 0.538 e. The standard InChI is InChI=1S/C21H36NOSi.Ti/c1-8-9-14-21(16-20(4,5)22(6,7)24-23)18-13-11-10-12-17(18)15-19(21,2)3;/h10-13,24H,8-9,14-16H2,1-7H3;/q+1;. The summed E-state index contributed by atoms with van der Waals surface area (Å²) in [6.07, 6.45) is 5.95. The van der Waals surface area contributed by atoms with Gasteiger partial charge in [-0.25, -0.2) is 0 Å². The van der Waals surface area contributed by atoms with Crippen LogP contribution in [0.5, 0.6) is 0 Å². The molecule has 0 saturated carbocycles. The Morgan fingerprint density at radius 3 is 2.36 bits per heavy atom. The molecule has 1 aromatic carbocycles. The van der Waals surface area contributed by atoms with Crippen LogP contribution in [0.2, 0.25) is 0 Å². The van der Waals surface area contributed by atoms with Crippen molar-refractivity contribution in [3.8, 4) is 0 Å². The van der Waals surface area contributed by atoms with Crippen molar-refractivity contribution in [2.75, 3.05) is 14.1 Å². The van der Waals surface area contributed by atoms with Crippen molar-refractivity contribution >= 4 is 9.57 Å². The molecule has 2 nitrogen and oxygen atoms in total. The van der Waals surface area contributed by atoms with Gasteiger partial charge >= 0.3 is 9.57 Å². The van der Waals surface area contributed by atoms with Gasteiger partial charge in [0.25, 0.3) is 0 Å². The Morgan fingerprint density at radius 2 is 1.80 bits per heavy atom. The van der Waals surface area contributed by atoms with Crippen molar-refractivity contribution < 1.29 is 30.3 Å². The van der Waals surface area contributed by atoms with E-state index in [0.717, 1.165) is 12.8 Å². The zero-order valence-electron chi connectivity index (χ0n) is 17.3. The fourth-order valence-corrected chi connectivity index (χ4v) is 4.99. The fraction of sp³-hybridized carbons (Fsp3) is 0.714. The summed E-state index contributed by atoms with van der Waals surface area (Å²) in [4.78, 5) is 0. The van der Waals surface area contributed by atoms with E-state index < -0.39 is 9.57 Å². The quantitative estimate of drug-likeness (QED) is 0.616. The van der Waals surface area contributed by atoms with E-state index in [0.29, 0.717) is 4.15 Å². The van der Waals surface area contributed by atoms with Crippen LogP contribution in [0, 0.1) is 5.41 Å². The number of quaternary nitrogens is 1. The minimum Gasteiger partial charge on any atom is -0.330 e. The first-order valence-corrected chi connectivity index (χ1v) is 10.4. The van der Waals surface area contributed by atoms with Crippen molar-refractivity contribution in [2.24, 2.45) is 5.41 Å². The molecule has 0 radical (unpaired) electrons. The molecular weight excluding hydrogens is 358 g/mol. The second kappa shape index (κ2) is 7.88. The van der Waals surface area contributed by atoms with Crippen molar-refractivity contribution in [3.63, 3.8) is 0 Å². The molecule has 1 unspecified atom stereocenters. The van der Waals surface area contributed by atoms with Gasteiger partial charge < -0.3 is 8.61 Å². The molecule has 2 rings (SSSR count). The molecule has 1 aliphatic rings. The summed E-state index contributed by atoms with van der Waals surface area (Å²) >= 11 is 0. The molecule has 1 aliphatic carbocycles. The van der Waals surface area contributed by atoms with Gasteiger partial charge in [0.05, 0.1) is 19.6 Å². The maximum absolute atomic E-state index is 12.0. The third-order valence-electron chi connectivity index (χ3n) is 6.98. The van der Waals surface area contributed by atoms with Crippen LogP contribution in [0.4, 0.5) is 0 Å². The predicted octanol–water partition coefficient (Wildman–Crippen LogP) is 4.64. The molecular formula is C21H36NOSiTi+. The molecule has 0 aliphatic heterocycles. The van der Waals surface area contributed by atoms with Crippen molar-refractivity contribution in [3.05, 3.63) is 35.4 Å². The van der Waals surface area contributed by atoms with Crippen LogP contribution < -0.4 is 0 Å². The molecule has 0 heterocycles. The van der Waals surface area contributed by atoms with Gasteiger partial charge in [-0.1, -0.05) is 57.9 Å². The van der Waals surface area contributed by atoms with Crippen molar-refractivity contribution in [1.29, 1.82) is 0 Å². The first-order valence-electron chi connectivity index (χ1n) is 9.41. The van der Waals surface area contributed by atoms with Gasteiger partial charge in [-0.05, 0) is 43.2 Å². The molecule has 138 valence electrons. The molecule has 0 aromatic heterocycles. The third-order valence-corrected chi connectivity index (χ3v) is 8.20. The topological polar surface area (TPSA) is 17.1 Å². The molecule has 25 heavy (non-hydrogen) atoms. The van der Waals surface area contributed by atoms with Gasteiger partial charge in [-0.3, -0.25) is 0 Å². The number of fused-ring (bicyclic) bond motifs is 1.